The number of thioether (sulfide) groups is 1. The quantitative estimate of drug-likeness (QED) is 0.430. The lowest BCUT2D eigenvalue weighted by Gasteiger charge is -2.04. The molecule has 0 bridgehead atoms. The molecule has 0 aliphatic rings. The van der Waals surface area contributed by atoms with Gasteiger partial charge in [-0.2, -0.15) is 11.8 Å². The Morgan fingerprint density at radius 2 is 2.21 bits per heavy atom. The molecule has 0 radical (unpaired) electrons. The van der Waals surface area contributed by atoms with Crippen LogP contribution in [0.1, 0.15) is 13.3 Å². The van der Waals surface area contributed by atoms with Gasteiger partial charge in [0.2, 0.25) is 0 Å². The van der Waals surface area contributed by atoms with Gasteiger partial charge in [0, 0.05) is 17.1 Å². The molecule has 0 aromatic carbocycles. The highest BCUT2D eigenvalue weighted by molar-refractivity contribution is 7.99. The van der Waals surface area contributed by atoms with Gasteiger partial charge < -0.3 is 15.3 Å². The highest BCUT2D eigenvalue weighted by Gasteiger charge is 2.04. The summed E-state index contributed by atoms with van der Waals surface area (Å²) in [6, 6.07) is 0. The Morgan fingerprint density at radius 1 is 1.57 bits per heavy atom. The highest BCUT2D eigenvalue weighted by atomic mass is 32.2. The van der Waals surface area contributed by atoms with Crippen molar-refractivity contribution in [1.82, 2.24) is 0 Å². The van der Waals surface area contributed by atoms with Gasteiger partial charge in [-0.25, -0.2) is 4.79 Å². The molecule has 5 heteroatoms. The molecular weight excluding hydrogens is 204 g/mol. The van der Waals surface area contributed by atoms with E-state index in [9.17, 15) is 4.79 Å². The maximum Gasteiger partial charge on any atom is 0.331 e. The SMILES string of the molecule is CCC(=CCSCC(O)CO)C(=O)O. The molecule has 0 aliphatic heterocycles. The number of aliphatic hydroxyl groups is 2. The van der Waals surface area contributed by atoms with E-state index in [4.69, 9.17) is 15.3 Å². The van der Waals surface area contributed by atoms with Crippen molar-refractivity contribution in [1.29, 1.82) is 0 Å². The van der Waals surface area contributed by atoms with Crippen molar-refractivity contribution < 1.29 is 20.1 Å². The zero-order chi connectivity index (χ0) is 11.0. The molecule has 82 valence electrons. The van der Waals surface area contributed by atoms with Gasteiger partial charge in [-0.05, 0) is 6.42 Å². The molecule has 0 amide bonds. The Kier molecular flexibility index (Phi) is 7.55. The number of carboxylic acid groups (broad SMARTS) is 1. The average molecular weight is 220 g/mol. The van der Waals surface area contributed by atoms with Crippen LogP contribution in [0, 0.1) is 0 Å². The van der Waals surface area contributed by atoms with Crippen LogP contribution >= 0.6 is 11.8 Å². The van der Waals surface area contributed by atoms with Crippen molar-refractivity contribution >= 4 is 17.7 Å². The lowest BCUT2D eigenvalue weighted by atomic mass is 10.2. The van der Waals surface area contributed by atoms with Gasteiger partial charge in [0.1, 0.15) is 0 Å². The molecule has 1 unspecified atom stereocenters. The molecule has 0 aliphatic carbocycles. The molecular formula is C9H16O4S. The summed E-state index contributed by atoms with van der Waals surface area (Å²) in [5.41, 5.74) is 0.385. The molecule has 0 heterocycles. The van der Waals surface area contributed by atoms with E-state index in [1.807, 2.05) is 0 Å². The summed E-state index contributed by atoms with van der Waals surface area (Å²) in [6.45, 7) is 1.53. The van der Waals surface area contributed by atoms with Crippen LogP contribution in [0.25, 0.3) is 0 Å². The summed E-state index contributed by atoms with van der Waals surface area (Å²) in [5, 5.41) is 26.1. The Balaban J connectivity index is 3.74. The number of carboxylic acids is 1. The average Bonchev–Trinajstić information content (AvgIpc) is 2.16. The molecule has 0 aromatic rings. The first-order valence-electron chi connectivity index (χ1n) is 4.40. The van der Waals surface area contributed by atoms with Crippen molar-refractivity contribution in [2.45, 2.75) is 19.4 Å². The van der Waals surface area contributed by atoms with Crippen LogP contribution < -0.4 is 0 Å². The van der Waals surface area contributed by atoms with E-state index in [0.717, 1.165) is 0 Å². The molecule has 0 aromatic heterocycles. The molecule has 0 saturated carbocycles. The largest absolute Gasteiger partial charge is 0.478 e. The first-order valence-corrected chi connectivity index (χ1v) is 5.56. The summed E-state index contributed by atoms with van der Waals surface area (Å²) in [5.74, 6) is 0.0756. The summed E-state index contributed by atoms with van der Waals surface area (Å²) in [4.78, 5) is 10.5. The van der Waals surface area contributed by atoms with Crippen LogP contribution in [0.5, 0.6) is 0 Å². The number of hydrogen-bond acceptors (Lipinski definition) is 4. The number of rotatable bonds is 7. The second-order valence-corrected chi connectivity index (χ2v) is 3.84. The Hall–Kier alpha value is -0.520. The third-order valence-corrected chi connectivity index (χ3v) is 2.65. The fourth-order valence-corrected chi connectivity index (χ4v) is 1.63. The maximum absolute atomic E-state index is 10.5. The van der Waals surface area contributed by atoms with Crippen LogP contribution in [-0.2, 0) is 4.79 Å². The molecule has 0 fully saturated rings. The van der Waals surface area contributed by atoms with Gasteiger partial charge in [-0.1, -0.05) is 13.0 Å². The fraction of sp³-hybridized carbons (Fsp3) is 0.667. The van der Waals surface area contributed by atoms with E-state index in [-0.39, 0.29) is 6.61 Å². The van der Waals surface area contributed by atoms with Crippen molar-refractivity contribution in [2.75, 3.05) is 18.1 Å². The fourth-order valence-electron chi connectivity index (χ4n) is 0.799. The lowest BCUT2D eigenvalue weighted by molar-refractivity contribution is -0.132. The van der Waals surface area contributed by atoms with Gasteiger partial charge in [-0.3, -0.25) is 0 Å². The van der Waals surface area contributed by atoms with E-state index >= 15 is 0 Å². The van der Waals surface area contributed by atoms with Gasteiger partial charge in [0.05, 0.1) is 12.7 Å². The van der Waals surface area contributed by atoms with Gasteiger partial charge >= 0.3 is 5.97 Å². The minimum atomic E-state index is -0.893. The third kappa shape index (κ3) is 6.01. The summed E-state index contributed by atoms with van der Waals surface area (Å²) >= 11 is 1.40. The van der Waals surface area contributed by atoms with Crippen molar-refractivity contribution in [3.63, 3.8) is 0 Å². The standard InChI is InChI=1S/C9H16O4S/c1-2-7(9(12)13)3-4-14-6-8(11)5-10/h3,8,10-11H,2,4-6H2,1H3,(H,12,13). The molecule has 0 saturated heterocycles. The predicted octanol–water partition coefficient (Wildman–Crippen LogP) is 0.494. The van der Waals surface area contributed by atoms with E-state index in [1.165, 1.54) is 11.8 Å². The van der Waals surface area contributed by atoms with Gasteiger partial charge in [0.25, 0.3) is 0 Å². The first-order chi connectivity index (χ1) is 6.61. The second kappa shape index (κ2) is 7.84. The number of hydrogen-bond donors (Lipinski definition) is 3. The van der Waals surface area contributed by atoms with E-state index < -0.39 is 12.1 Å². The van der Waals surface area contributed by atoms with Gasteiger partial charge in [0.15, 0.2) is 0 Å². The van der Waals surface area contributed by atoms with Crippen LogP contribution in [0.2, 0.25) is 0 Å². The van der Waals surface area contributed by atoms with Crippen LogP contribution in [0.15, 0.2) is 11.6 Å². The molecule has 0 rings (SSSR count). The number of aliphatic carboxylic acids is 1. The third-order valence-electron chi connectivity index (χ3n) is 1.62. The minimum absolute atomic E-state index is 0.254. The van der Waals surface area contributed by atoms with E-state index in [2.05, 4.69) is 0 Å². The van der Waals surface area contributed by atoms with Crippen molar-refractivity contribution in [3.05, 3.63) is 11.6 Å². The molecule has 1 atom stereocenters. The van der Waals surface area contributed by atoms with Crippen molar-refractivity contribution in [3.8, 4) is 0 Å². The number of aliphatic hydroxyl groups excluding tert-OH is 2. The Bertz CT molecular complexity index is 203. The predicted molar refractivity (Wildman–Crippen MR) is 56.4 cm³/mol. The topological polar surface area (TPSA) is 77.8 Å². The molecule has 4 nitrogen and oxygen atoms in total. The van der Waals surface area contributed by atoms with Gasteiger partial charge in [-0.15, -0.1) is 0 Å². The zero-order valence-corrected chi connectivity index (χ0v) is 8.96. The normalized spacial score (nSPS) is 14.1. The van der Waals surface area contributed by atoms with Crippen molar-refractivity contribution in [2.24, 2.45) is 0 Å². The minimum Gasteiger partial charge on any atom is -0.478 e. The summed E-state index contributed by atoms with van der Waals surface area (Å²) in [6.07, 6.45) is 1.42. The van der Waals surface area contributed by atoms with Crippen LogP contribution in [-0.4, -0.2) is 45.5 Å². The van der Waals surface area contributed by atoms with Crippen LogP contribution in [0.4, 0.5) is 0 Å². The Morgan fingerprint density at radius 3 is 2.64 bits per heavy atom. The summed E-state index contributed by atoms with van der Waals surface area (Å²) < 4.78 is 0. The van der Waals surface area contributed by atoms with Crippen LogP contribution in [0.3, 0.4) is 0 Å². The molecule has 14 heavy (non-hydrogen) atoms. The maximum atomic E-state index is 10.5. The first kappa shape index (κ1) is 13.5. The van der Waals surface area contributed by atoms with E-state index in [1.54, 1.807) is 13.0 Å². The van der Waals surface area contributed by atoms with E-state index in [0.29, 0.717) is 23.5 Å². The summed E-state index contributed by atoms with van der Waals surface area (Å²) in [7, 11) is 0. The monoisotopic (exact) mass is 220 g/mol. The molecule has 3 N–H and O–H groups in total. The smallest absolute Gasteiger partial charge is 0.331 e. The zero-order valence-electron chi connectivity index (χ0n) is 8.14. The Labute approximate surface area is 87.6 Å². The number of carbonyl (C=O) groups is 1. The molecule has 0 spiro atoms. The lowest BCUT2D eigenvalue weighted by Crippen LogP contribution is -2.14. The second-order valence-electron chi connectivity index (χ2n) is 2.76. The highest BCUT2D eigenvalue weighted by Crippen LogP contribution is 2.07.